The van der Waals surface area contributed by atoms with Crippen molar-refractivity contribution in [2.75, 3.05) is 24.4 Å². The number of ether oxygens (including phenoxy) is 2. The third kappa shape index (κ3) is 6.00. The van der Waals surface area contributed by atoms with Crippen LogP contribution in [0.3, 0.4) is 0 Å². The highest BCUT2D eigenvalue weighted by atomic mass is 32.1. The average molecular weight is 438 g/mol. The molecule has 2 amide bonds. The lowest BCUT2D eigenvalue weighted by atomic mass is 10.2. The number of hydrogen-bond donors (Lipinski definition) is 2. The summed E-state index contributed by atoms with van der Waals surface area (Å²) >= 11 is 1.32. The fourth-order valence-corrected chi connectivity index (χ4v) is 3.16. The van der Waals surface area contributed by atoms with Gasteiger partial charge >= 0.3 is 11.9 Å². The number of benzene rings is 2. The largest absolute Gasteiger partial charge is 0.465 e. The van der Waals surface area contributed by atoms with Crippen LogP contribution >= 0.6 is 11.3 Å². The predicted molar refractivity (Wildman–Crippen MR) is 115 cm³/mol. The molecule has 2 N–H and O–H groups in total. The molecule has 2 aromatic carbocycles. The number of nitrogens with one attached hydrogen (secondary N) is 2. The van der Waals surface area contributed by atoms with Crippen LogP contribution in [-0.4, -0.2) is 37.5 Å². The van der Waals surface area contributed by atoms with E-state index in [2.05, 4.69) is 15.4 Å². The van der Waals surface area contributed by atoms with E-state index in [4.69, 9.17) is 4.74 Å². The van der Waals surface area contributed by atoms with Crippen molar-refractivity contribution in [3.8, 4) is 0 Å². The van der Waals surface area contributed by atoms with Gasteiger partial charge in [0.15, 0.2) is 6.61 Å². The number of rotatable bonds is 7. The SMILES string of the molecule is COC(=O)c1cccc(NC(=O)COC(=O)c2ccc(NC(=O)c3cccs3)cc2)c1. The second-order valence-electron chi connectivity index (χ2n) is 6.21. The van der Waals surface area contributed by atoms with Crippen molar-refractivity contribution in [1.29, 1.82) is 0 Å². The van der Waals surface area contributed by atoms with Gasteiger partial charge in [0.2, 0.25) is 0 Å². The van der Waals surface area contributed by atoms with Gasteiger partial charge in [0.1, 0.15) is 0 Å². The van der Waals surface area contributed by atoms with Crippen molar-refractivity contribution in [3.63, 3.8) is 0 Å². The first-order valence-electron chi connectivity index (χ1n) is 9.06. The number of amides is 2. The van der Waals surface area contributed by atoms with Crippen molar-refractivity contribution in [1.82, 2.24) is 0 Å². The summed E-state index contributed by atoms with van der Waals surface area (Å²) < 4.78 is 9.64. The van der Waals surface area contributed by atoms with Crippen LogP contribution in [0.25, 0.3) is 0 Å². The maximum Gasteiger partial charge on any atom is 0.338 e. The number of methoxy groups -OCH3 is 1. The molecule has 9 heteroatoms. The summed E-state index contributed by atoms with van der Waals surface area (Å²) in [4.78, 5) is 48.3. The predicted octanol–water partition coefficient (Wildman–Crippen LogP) is 3.58. The monoisotopic (exact) mass is 438 g/mol. The minimum atomic E-state index is -0.686. The summed E-state index contributed by atoms with van der Waals surface area (Å²) in [7, 11) is 1.26. The number of anilines is 2. The van der Waals surface area contributed by atoms with Crippen molar-refractivity contribution in [2.45, 2.75) is 0 Å². The Morgan fingerprint density at radius 3 is 2.29 bits per heavy atom. The molecule has 0 fully saturated rings. The van der Waals surface area contributed by atoms with E-state index in [0.29, 0.717) is 16.3 Å². The van der Waals surface area contributed by atoms with E-state index in [-0.39, 0.29) is 17.0 Å². The van der Waals surface area contributed by atoms with Crippen LogP contribution in [0.4, 0.5) is 11.4 Å². The lowest BCUT2D eigenvalue weighted by Gasteiger charge is -2.08. The highest BCUT2D eigenvalue weighted by Crippen LogP contribution is 2.15. The molecule has 0 aliphatic heterocycles. The molecule has 8 nitrogen and oxygen atoms in total. The van der Waals surface area contributed by atoms with E-state index in [1.807, 2.05) is 0 Å². The third-order valence-corrected chi connectivity index (χ3v) is 4.89. The molecule has 1 heterocycles. The first kappa shape index (κ1) is 21.7. The molecule has 0 unspecified atom stereocenters. The summed E-state index contributed by atoms with van der Waals surface area (Å²) in [6.45, 7) is -0.502. The fourth-order valence-electron chi connectivity index (χ4n) is 2.54. The molecule has 3 rings (SSSR count). The highest BCUT2D eigenvalue weighted by Gasteiger charge is 2.13. The van der Waals surface area contributed by atoms with Gasteiger partial charge in [0.25, 0.3) is 11.8 Å². The zero-order valence-corrected chi connectivity index (χ0v) is 17.2. The van der Waals surface area contributed by atoms with E-state index in [0.717, 1.165) is 0 Å². The lowest BCUT2D eigenvalue weighted by molar-refractivity contribution is -0.119. The smallest absolute Gasteiger partial charge is 0.338 e. The van der Waals surface area contributed by atoms with E-state index in [1.54, 1.807) is 47.8 Å². The highest BCUT2D eigenvalue weighted by molar-refractivity contribution is 7.12. The van der Waals surface area contributed by atoms with Gasteiger partial charge in [0, 0.05) is 11.4 Å². The van der Waals surface area contributed by atoms with Crippen LogP contribution in [0.15, 0.2) is 66.0 Å². The number of esters is 2. The van der Waals surface area contributed by atoms with E-state index < -0.39 is 24.5 Å². The molecular formula is C22H18N2O6S. The maximum atomic E-state index is 12.2. The standard InChI is InChI=1S/C22H18N2O6S/c1-29-21(27)15-4-2-5-17(12-15)23-19(25)13-30-22(28)14-7-9-16(10-8-14)24-20(26)18-6-3-11-31-18/h2-12H,13H2,1H3,(H,23,25)(H,24,26). The van der Waals surface area contributed by atoms with Crippen molar-refractivity contribution >= 4 is 46.5 Å². The van der Waals surface area contributed by atoms with Gasteiger partial charge in [-0.1, -0.05) is 12.1 Å². The Balaban J connectivity index is 1.50. The molecule has 0 saturated carbocycles. The van der Waals surface area contributed by atoms with Gasteiger partial charge in [-0.25, -0.2) is 9.59 Å². The summed E-state index contributed by atoms with van der Waals surface area (Å²) in [6.07, 6.45) is 0. The first-order valence-corrected chi connectivity index (χ1v) is 9.94. The molecule has 0 spiro atoms. The molecule has 1 aromatic heterocycles. The first-order chi connectivity index (χ1) is 15.0. The molecule has 0 bridgehead atoms. The van der Waals surface area contributed by atoms with Crippen LogP contribution in [0.1, 0.15) is 30.4 Å². The summed E-state index contributed by atoms with van der Waals surface area (Å²) in [5.41, 5.74) is 1.41. The van der Waals surface area contributed by atoms with Gasteiger partial charge in [-0.2, -0.15) is 0 Å². The van der Waals surface area contributed by atoms with Crippen LogP contribution in [0.2, 0.25) is 0 Å². The van der Waals surface area contributed by atoms with Crippen molar-refractivity contribution in [2.24, 2.45) is 0 Å². The Morgan fingerprint density at radius 2 is 1.61 bits per heavy atom. The summed E-state index contributed by atoms with van der Waals surface area (Å²) in [5, 5.41) is 7.07. The molecule has 158 valence electrons. The Hall–Kier alpha value is -3.98. The second-order valence-corrected chi connectivity index (χ2v) is 7.15. The van der Waals surface area contributed by atoms with Gasteiger partial charge in [0.05, 0.1) is 23.1 Å². The minimum Gasteiger partial charge on any atom is -0.465 e. The summed E-state index contributed by atoms with van der Waals surface area (Å²) in [5.74, 6) is -2.01. The van der Waals surface area contributed by atoms with E-state index in [1.165, 1.54) is 36.6 Å². The molecular weight excluding hydrogens is 420 g/mol. The van der Waals surface area contributed by atoms with E-state index >= 15 is 0 Å². The van der Waals surface area contributed by atoms with Crippen LogP contribution in [0, 0.1) is 0 Å². The quantitative estimate of drug-likeness (QED) is 0.546. The number of carbonyl (C=O) groups excluding carboxylic acids is 4. The van der Waals surface area contributed by atoms with Crippen LogP contribution in [0.5, 0.6) is 0 Å². The van der Waals surface area contributed by atoms with Gasteiger partial charge < -0.3 is 20.1 Å². The fraction of sp³-hybridized carbons (Fsp3) is 0.0909. The molecule has 0 aliphatic rings. The lowest BCUT2D eigenvalue weighted by Crippen LogP contribution is -2.21. The van der Waals surface area contributed by atoms with Crippen LogP contribution in [-0.2, 0) is 14.3 Å². The Kier molecular flexibility index (Phi) is 7.13. The molecule has 31 heavy (non-hydrogen) atoms. The van der Waals surface area contributed by atoms with Gasteiger partial charge in [-0.05, 0) is 53.9 Å². The average Bonchev–Trinajstić information content (AvgIpc) is 3.33. The molecule has 0 saturated heterocycles. The van der Waals surface area contributed by atoms with Crippen molar-refractivity contribution in [3.05, 3.63) is 82.0 Å². The zero-order valence-electron chi connectivity index (χ0n) is 16.4. The molecule has 0 radical (unpaired) electrons. The van der Waals surface area contributed by atoms with E-state index in [9.17, 15) is 19.2 Å². The number of thiophene rings is 1. The maximum absolute atomic E-state index is 12.2. The van der Waals surface area contributed by atoms with Crippen LogP contribution < -0.4 is 10.6 Å². The zero-order chi connectivity index (χ0) is 22.2. The molecule has 3 aromatic rings. The van der Waals surface area contributed by atoms with Gasteiger partial charge in [-0.3, -0.25) is 9.59 Å². The van der Waals surface area contributed by atoms with Gasteiger partial charge in [-0.15, -0.1) is 11.3 Å². The number of hydrogen-bond acceptors (Lipinski definition) is 7. The Labute approximate surface area is 181 Å². The number of carbonyl (C=O) groups is 4. The normalized spacial score (nSPS) is 10.1. The Bertz CT molecular complexity index is 1090. The second kappa shape index (κ2) is 10.2. The molecule has 0 aliphatic carbocycles. The molecule has 0 atom stereocenters. The Morgan fingerprint density at radius 1 is 0.839 bits per heavy atom. The van der Waals surface area contributed by atoms with Crippen molar-refractivity contribution < 1.29 is 28.7 Å². The third-order valence-electron chi connectivity index (χ3n) is 4.03. The minimum absolute atomic E-state index is 0.231. The topological polar surface area (TPSA) is 111 Å². The summed E-state index contributed by atoms with van der Waals surface area (Å²) in [6, 6.07) is 15.8.